The molecule has 0 spiro atoms. The van der Waals surface area contributed by atoms with E-state index in [9.17, 15) is 4.79 Å². The van der Waals surface area contributed by atoms with Crippen molar-refractivity contribution < 1.29 is 4.79 Å². The molecule has 126 valence electrons. The molecule has 3 aromatic rings. The summed E-state index contributed by atoms with van der Waals surface area (Å²) in [5, 5.41) is 3.47. The quantitative estimate of drug-likeness (QED) is 0.648. The molecule has 3 N–H and O–H groups in total. The predicted octanol–water partition coefficient (Wildman–Crippen LogP) is 3.78. The second kappa shape index (κ2) is 8.27. The predicted molar refractivity (Wildman–Crippen MR) is 102 cm³/mol. The molecule has 0 unspecified atom stereocenters. The maximum absolute atomic E-state index is 11.3. The van der Waals surface area contributed by atoms with Crippen LogP contribution in [-0.2, 0) is 13.0 Å². The molecule has 0 atom stereocenters. The van der Waals surface area contributed by atoms with Crippen molar-refractivity contribution in [3.63, 3.8) is 0 Å². The van der Waals surface area contributed by atoms with E-state index >= 15 is 0 Å². The highest BCUT2D eigenvalue weighted by molar-refractivity contribution is 5.94. The number of hydrogen-bond acceptors (Lipinski definition) is 2. The first-order valence-corrected chi connectivity index (χ1v) is 8.46. The van der Waals surface area contributed by atoms with Crippen LogP contribution < -0.4 is 11.1 Å². The summed E-state index contributed by atoms with van der Waals surface area (Å²) in [6, 6.07) is 26.3. The molecular formula is C22H22N2O. The third-order valence-corrected chi connectivity index (χ3v) is 4.20. The van der Waals surface area contributed by atoms with Gasteiger partial charge in [0.15, 0.2) is 0 Å². The maximum atomic E-state index is 11.3. The number of rotatable bonds is 7. The molecule has 0 saturated heterocycles. The highest BCUT2D eigenvalue weighted by Crippen LogP contribution is 2.21. The number of nitrogens with two attached hydrogens (primary N) is 1. The Balaban J connectivity index is 1.55. The summed E-state index contributed by atoms with van der Waals surface area (Å²) in [6.07, 6.45) is 0.981. The summed E-state index contributed by atoms with van der Waals surface area (Å²) in [5.74, 6) is -0.400. The van der Waals surface area contributed by atoms with Gasteiger partial charge in [-0.2, -0.15) is 0 Å². The molecule has 1 amide bonds. The number of benzene rings is 3. The van der Waals surface area contributed by atoms with Gasteiger partial charge in [0.05, 0.1) is 0 Å². The minimum atomic E-state index is -0.400. The van der Waals surface area contributed by atoms with Crippen molar-refractivity contribution in [2.24, 2.45) is 5.73 Å². The lowest BCUT2D eigenvalue weighted by atomic mass is 10.0. The fourth-order valence-corrected chi connectivity index (χ4v) is 2.78. The molecule has 3 rings (SSSR count). The van der Waals surface area contributed by atoms with Gasteiger partial charge in [0.1, 0.15) is 0 Å². The SMILES string of the molecule is NC(=O)c1cccc(-c2ccc(CCNCc3ccccc3)cc2)c1. The smallest absolute Gasteiger partial charge is 0.248 e. The van der Waals surface area contributed by atoms with Crippen molar-refractivity contribution >= 4 is 5.91 Å². The molecule has 0 radical (unpaired) electrons. The molecular weight excluding hydrogens is 308 g/mol. The summed E-state index contributed by atoms with van der Waals surface area (Å²) in [6.45, 7) is 1.82. The Bertz CT molecular complexity index is 826. The van der Waals surface area contributed by atoms with Crippen LogP contribution in [-0.4, -0.2) is 12.5 Å². The number of carbonyl (C=O) groups is 1. The number of hydrogen-bond donors (Lipinski definition) is 2. The molecule has 0 heterocycles. The van der Waals surface area contributed by atoms with Crippen LogP contribution in [0.2, 0.25) is 0 Å². The number of amides is 1. The molecule has 0 aliphatic carbocycles. The van der Waals surface area contributed by atoms with Crippen LogP contribution in [0.5, 0.6) is 0 Å². The van der Waals surface area contributed by atoms with E-state index in [4.69, 9.17) is 5.73 Å². The lowest BCUT2D eigenvalue weighted by Gasteiger charge is -2.07. The zero-order valence-electron chi connectivity index (χ0n) is 14.1. The van der Waals surface area contributed by atoms with E-state index in [1.165, 1.54) is 11.1 Å². The summed E-state index contributed by atoms with van der Waals surface area (Å²) >= 11 is 0. The van der Waals surface area contributed by atoms with Crippen LogP contribution >= 0.6 is 0 Å². The Kier molecular flexibility index (Phi) is 5.60. The van der Waals surface area contributed by atoms with Gasteiger partial charge in [-0.3, -0.25) is 4.79 Å². The average molecular weight is 330 g/mol. The van der Waals surface area contributed by atoms with Gasteiger partial charge in [-0.1, -0.05) is 66.7 Å². The Morgan fingerprint density at radius 1 is 0.800 bits per heavy atom. The van der Waals surface area contributed by atoms with Crippen molar-refractivity contribution in [3.8, 4) is 11.1 Å². The molecule has 25 heavy (non-hydrogen) atoms. The Labute approximate surface area is 148 Å². The minimum absolute atomic E-state index is 0.400. The average Bonchev–Trinajstić information content (AvgIpc) is 2.67. The lowest BCUT2D eigenvalue weighted by Crippen LogP contribution is -2.16. The monoisotopic (exact) mass is 330 g/mol. The molecule has 0 aromatic heterocycles. The Morgan fingerprint density at radius 2 is 1.56 bits per heavy atom. The number of nitrogens with one attached hydrogen (secondary N) is 1. The highest BCUT2D eigenvalue weighted by atomic mass is 16.1. The zero-order chi connectivity index (χ0) is 17.5. The van der Waals surface area contributed by atoms with Gasteiger partial charge in [-0.05, 0) is 47.4 Å². The van der Waals surface area contributed by atoms with Gasteiger partial charge in [0.2, 0.25) is 5.91 Å². The number of primary amides is 1. The van der Waals surface area contributed by atoms with Crippen molar-refractivity contribution in [2.45, 2.75) is 13.0 Å². The standard InChI is InChI=1S/C22H22N2O/c23-22(25)21-8-4-7-20(15-21)19-11-9-17(10-12-19)13-14-24-16-18-5-2-1-3-6-18/h1-12,15,24H,13-14,16H2,(H2,23,25). The van der Waals surface area contributed by atoms with Crippen LogP contribution in [0.4, 0.5) is 0 Å². The Morgan fingerprint density at radius 3 is 2.28 bits per heavy atom. The lowest BCUT2D eigenvalue weighted by molar-refractivity contribution is 0.100. The third kappa shape index (κ3) is 4.78. The van der Waals surface area contributed by atoms with Crippen LogP contribution in [0.1, 0.15) is 21.5 Å². The maximum Gasteiger partial charge on any atom is 0.248 e. The van der Waals surface area contributed by atoms with E-state index < -0.39 is 5.91 Å². The largest absolute Gasteiger partial charge is 0.366 e. The van der Waals surface area contributed by atoms with Crippen LogP contribution in [0.3, 0.4) is 0 Å². The molecule has 0 fully saturated rings. The molecule has 0 aliphatic heterocycles. The molecule has 0 bridgehead atoms. The molecule has 0 saturated carbocycles. The first-order chi connectivity index (χ1) is 12.2. The van der Waals surface area contributed by atoms with Crippen molar-refractivity contribution in [3.05, 3.63) is 95.6 Å². The van der Waals surface area contributed by atoms with Crippen molar-refractivity contribution in [1.82, 2.24) is 5.32 Å². The first-order valence-electron chi connectivity index (χ1n) is 8.46. The second-order valence-corrected chi connectivity index (χ2v) is 6.05. The van der Waals surface area contributed by atoms with Crippen molar-refractivity contribution in [2.75, 3.05) is 6.54 Å². The molecule has 0 aliphatic rings. The fourth-order valence-electron chi connectivity index (χ4n) is 2.78. The molecule has 3 nitrogen and oxygen atoms in total. The first kappa shape index (κ1) is 16.9. The summed E-state index contributed by atoms with van der Waals surface area (Å²) < 4.78 is 0. The van der Waals surface area contributed by atoms with Gasteiger partial charge in [0.25, 0.3) is 0 Å². The minimum Gasteiger partial charge on any atom is -0.366 e. The fraction of sp³-hybridized carbons (Fsp3) is 0.136. The van der Waals surface area contributed by atoms with Crippen molar-refractivity contribution in [1.29, 1.82) is 0 Å². The van der Waals surface area contributed by atoms with E-state index in [-0.39, 0.29) is 0 Å². The summed E-state index contributed by atoms with van der Waals surface area (Å²) in [7, 11) is 0. The van der Waals surface area contributed by atoms with E-state index in [0.29, 0.717) is 5.56 Å². The summed E-state index contributed by atoms with van der Waals surface area (Å²) in [4.78, 5) is 11.3. The Hall–Kier alpha value is -2.91. The molecule has 3 heteroatoms. The highest BCUT2D eigenvalue weighted by Gasteiger charge is 2.03. The van der Waals surface area contributed by atoms with E-state index in [1.807, 2.05) is 24.3 Å². The van der Waals surface area contributed by atoms with Gasteiger partial charge in [-0.15, -0.1) is 0 Å². The van der Waals surface area contributed by atoms with E-state index in [1.54, 1.807) is 6.07 Å². The zero-order valence-corrected chi connectivity index (χ0v) is 14.1. The summed E-state index contributed by atoms with van der Waals surface area (Å²) in [5.41, 5.74) is 10.6. The normalized spacial score (nSPS) is 10.6. The van der Waals surface area contributed by atoms with E-state index in [2.05, 4.69) is 53.8 Å². The number of carbonyl (C=O) groups excluding carboxylic acids is 1. The van der Waals surface area contributed by atoms with Gasteiger partial charge >= 0.3 is 0 Å². The van der Waals surface area contributed by atoms with Crippen LogP contribution in [0, 0.1) is 0 Å². The van der Waals surface area contributed by atoms with Gasteiger partial charge < -0.3 is 11.1 Å². The topological polar surface area (TPSA) is 55.1 Å². The van der Waals surface area contributed by atoms with Gasteiger partial charge in [0, 0.05) is 12.1 Å². The van der Waals surface area contributed by atoms with Crippen LogP contribution in [0.25, 0.3) is 11.1 Å². The van der Waals surface area contributed by atoms with Gasteiger partial charge in [-0.25, -0.2) is 0 Å². The van der Waals surface area contributed by atoms with E-state index in [0.717, 1.165) is 30.6 Å². The second-order valence-electron chi connectivity index (χ2n) is 6.05. The third-order valence-electron chi connectivity index (χ3n) is 4.20. The molecule has 3 aromatic carbocycles. The van der Waals surface area contributed by atoms with Crippen LogP contribution in [0.15, 0.2) is 78.9 Å².